The normalized spacial score (nSPS) is 23.7. The summed E-state index contributed by atoms with van der Waals surface area (Å²) in [4.78, 5) is 17.0. The SMILES string of the molecule is CCCC1NC(CC(C)C)C(=O)N1CC(C)(C)CN(C)C. The van der Waals surface area contributed by atoms with Gasteiger partial charge in [-0.2, -0.15) is 0 Å². The van der Waals surface area contributed by atoms with Gasteiger partial charge in [-0.15, -0.1) is 0 Å². The number of nitrogens with zero attached hydrogens (tertiary/aromatic N) is 2. The highest BCUT2D eigenvalue weighted by Gasteiger charge is 2.40. The fourth-order valence-electron chi connectivity index (χ4n) is 3.46. The van der Waals surface area contributed by atoms with Crippen molar-refractivity contribution < 1.29 is 4.79 Å². The standard InChI is InChI=1S/C17H35N3O/c1-8-9-15-18-14(10-13(2)3)16(21)20(15)12-17(4,5)11-19(6)7/h13-15,18H,8-12H2,1-7H3. The van der Waals surface area contributed by atoms with Gasteiger partial charge in [-0.3, -0.25) is 10.1 Å². The maximum atomic E-state index is 12.7. The Bertz CT molecular complexity index is 339. The Morgan fingerprint density at radius 2 is 1.95 bits per heavy atom. The number of nitrogens with one attached hydrogen (secondary N) is 1. The summed E-state index contributed by atoms with van der Waals surface area (Å²) in [5.41, 5.74) is 0.111. The predicted octanol–water partition coefficient (Wildman–Crippen LogP) is 2.55. The van der Waals surface area contributed by atoms with Crippen LogP contribution in [-0.4, -0.2) is 55.1 Å². The van der Waals surface area contributed by atoms with Crippen molar-refractivity contribution in [1.82, 2.24) is 15.1 Å². The van der Waals surface area contributed by atoms with E-state index in [-0.39, 0.29) is 17.6 Å². The average molecular weight is 297 g/mol. The van der Waals surface area contributed by atoms with Gasteiger partial charge in [-0.1, -0.05) is 41.0 Å². The van der Waals surface area contributed by atoms with Crippen LogP contribution in [0.15, 0.2) is 0 Å². The number of hydrogen-bond donors (Lipinski definition) is 1. The molecule has 1 rings (SSSR count). The minimum absolute atomic E-state index is 0.0108. The van der Waals surface area contributed by atoms with Gasteiger partial charge in [0.2, 0.25) is 5.91 Å². The van der Waals surface area contributed by atoms with E-state index in [1.807, 2.05) is 0 Å². The number of amides is 1. The molecule has 0 bridgehead atoms. The van der Waals surface area contributed by atoms with Crippen molar-refractivity contribution >= 4 is 5.91 Å². The maximum Gasteiger partial charge on any atom is 0.241 e. The molecule has 1 aliphatic rings. The maximum absolute atomic E-state index is 12.7. The second kappa shape index (κ2) is 7.59. The van der Waals surface area contributed by atoms with E-state index in [0.717, 1.165) is 32.4 Å². The van der Waals surface area contributed by atoms with E-state index in [0.29, 0.717) is 11.8 Å². The molecule has 0 aromatic heterocycles. The van der Waals surface area contributed by atoms with Crippen molar-refractivity contribution in [2.75, 3.05) is 27.2 Å². The molecule has 1 heterocycles. The van der Waals surface area contributed by atoms with Crippen LogP contribution >= 0.6 is 0 Å². The average Bonchev–Trinajstić information content (AvgIpc) is 2.55. The molecule has 1 fully saturated rings. The van der Waals surface area contributed by atoms with Gasteiger partial charge in [0.05, 0.1) is 12.2 Å². The largest absolute Gasteiger partial charge is 0.325 e. The van der Waals surface area contributed by atoms with Crippen LogP contribution in [0.4, 0.5) is 0 Å². The van der Waals surface area contributed by atoms with Crippen LogP contribution in [0.2, 0.25) is 0 Å². The number of hydrogen-bond acceptors (Lipinski definition) is 3. The second-order valence-electron chi connectivity index (χ2n) is 8.02. The van der Waals surface area contributed by atoms with Crippen molar-refractivity contribution in [2.24, 2.45) is 11.3 Å². The zero-order valence-electron chi connectivity index (χ0n) is 15.1. The van der Waals surface area contributed by atoms with Gasteiger partial charge in [0.25, 0.3) is 0 Å². The fraction of sp³-hybridized carbons (Fsp3) is 0.941. The van der Waals surface area contributed by atoms with E-state index < -0.39 is 0 Å². The van der Waals surface area contributed by atoms with Gasteiger partial charge in [-0.05, 0) is 38.3 Å². The monoisotopic (exact) mass is 297 g/mol. The Labute approximate surface area is 131 Å². The molecule has 0 saturated carbocycles. The number of carbonyl (C=O) groups excluding carboxylic acids is 1. The highest BCUT2D eigenvalue weighted by Crippen LogP contribution is 2.25. The first-order valence-corrected chi connectivity index (χ1v) is 8.37. The molecule has 0 aromatic rings. The van der Waals surface area contributed by atoms with Gasteiger partial charge in [0.1, 0.15) is 0 Å². The van der Waals surface area contributed by atoms with Crippen LogP contribution < -0.4 is 5.32 Å². The molecule has 21 heavy (non-hydrogen) atoms. The van der Waals surface area contributed by atoms with Crippen LogP contribution in [0.5, 0.6) is 0 Å². The molecule has 1 amide bonds. The van der Waals surface area contributed by atoms with Crippen LogP contribution in [0.3, 0.4) is 0 Å². The van der Waals surface area contributed by atoms with E-state index in [4.69, 9.17) is 0 Å². The third-order valence-electron chi connectivity index (χ3n) is 3.96. The topological polar surface area (TPSA) is 35.6 Å². The molecule has 4 heteroatoms. The summed E-state index contributed by atoms with van der Waals surface area (Å²) in [5.74, 6) is 0.845. The highest BCUT2D eigenvalue weighted by molar-refractivity contribution is 5.84. The van der Waals surface area contributed by atoms with Crippen LogP contribution in [0.1, 0.15) is 53.9 Å². The molecular formula is C17H35N3O. The number of carbonyl (C=O) groups is 1. The van der Waals surface area contributed by atoms with Crippen molar-refractivity contribution in [2.45, 2.75) is 66.1 Å². The summed E-state index contributed by atoms with van der Waals surface area (Å²) in [6.07, 6.45) is 3.29. The lowest BCUT2D eigenvalue weighted by molar-refractivity contribution is -0.131. The summed E-state index contributed by atoms with van der Waals surface area (Å²) in [6.45, 7) is 12.9. The molecule has 1 saturated heterocycles. The Hall–Kier alpha value is -0.610. The van der Waals surface area contributed by atoms with E-state index in [9.17, 15) is 4.79 Å². The first-order chi connectivity index (χ1) is 9.66. The molecular weight excluding hydrogens is 262 g/mol. The number of rotatable bonds is 8. The molecule has 2 atom stereocenters. The Kier molecular flexibility index (Phi) is 6.67. The van der Waals surface area contributed by atoms with Crippen molar-refractivity contribution in [3.8, 4) is 0 Å². The van der Waals surface area contributed by atoms with Crippen molar-refractivity contribution in [3.05, 3.63) is 0 Å². The van der Waals surface area contributed by atoms with Crippen LogP contribution in [0.25, 0.3) is 0 Å². The summed E-state index contributed by atoms with van der Waals surface area (Å²) in [7, 11) is 4.19. The summed E-state index contributed by atoms with van der Waals surface area (Å²) < 4.78 is 0. The fourth-order valence-corrected chi connectivity index (χ4v) is 3.46. The third kappa shape index (κ3) is 5.59. The lowest BCUT2D eigenvalue weighted by atomic mass is 9.91. The van der Waals surface area contributed by atoms with E-state index >= 15 is 0 Å². The van der Waals surface area contributed by atoms with E-state index in [1.54, 1.807) is 0 Å². The molecule has 0 spiro atoms. The second-order valence-corrected chi connectivity index (χ2v) is 8.02. The zero-order chi connectivity index (χ0) is 16.2. The van der Waals surface area contributed by atoms with E-state index in [1.165, 1.54) is 0 Å². The Balaban J connectivity index is 2.78. The molecule has 1 N–H and O–H groups in total. The van der Waals surface area contributed by atoms with Gasteiger partial charge in [0.15, 0.2) is 0 Å². The predicted molar refractivity (Wildman–Crippen MR) is 89.1 cm³/mol. The zero-order valence-corrected chi connectivity index (χ0v) is 15.1. The minimum atomic E-state index is 0.0108. The lowest BCUT2D eigenvalue weighted by Gasteiger charge is -2.35. The Morgan fingerprint density at radius 3 is 2.43 bits per heavy atom. The Morgan fingerprint density at radius 1 is 1.33 bits per heavy atom. The summed E-state index contributed by atoms with van der Waals surface area (Å²) in [6, 6.07) is 0.0108. The summed E-state index contributed by atoms with van der Waals surface area (Å²) >= 11 is 0. The molecule has 0 aromatic carbocycles. The molecule has 124 valence electrons. The molecule has 0 aliphatic carbocycles. The molecule has 1 aliphatic heterocycles. The first-order valence-electron chi connectivity index (χ1n) is 8.37. The molecule has 4 nitrogen and oxygen atoms in total. The van der Waals surface area contributed by atoms with E-state index in [2.05, 4.69) is 63.8 Å². The lowest BCUT2D eigenvalue weighted by Crippen LogP contribution is -2.45. The quantitative estimate of drug-likeness (QED) is 0.748. The first kappa shape index (κ1) is 18.4. The van der Waals surface area contributed by atoms with Crippen LogP contribution in [-0.2, 0) is 4.79 Å². The summed E-state index contributed by atoms with van der Waals surface area (Å²) in [5, 5.41) is 3.56. The van der Waals surface area contributed by atoms with Gasteiger partial charge >= 0.3 is 0 Å². The minimum Gasteiger partial charge on any atom is -0.325 e. The van der Waals surface area contributed by atoms with Gasteiger partial charge in [0, 0.05) is 13.1 Å². The van der Waals surface area contributed by atoms with Crippen molar-refractivity contribution in [1.29, 1.82) is 0 Å². The van der Waals surface area contributed by atoms with Crippen LogP contribution in [0, 0.1) is 11.3 Å². The molecule has 0 radical (unpaired) electrons. The molecule has 2 unspecified atom stereocenters. The van der Waals surface area contributed by atoms with Gasteiger partial charge in [-0.25, -0.2) is 0 Å². The highest BCUT2D eigenvalue weighted by atomic mass is 16.2. The smallest absolute Gasteiger partial charge is 0.241 e. The van der Waals surface area contributed by atoms with Crippen molar-refractivity contribution in [3.63, 3.8) is 0 Å². The third-order valence-corrected chi connectivity index (χ3v) is 3.96. The van der Waals surface area contributed by atoms with Gasteiger partial charge < -0.3 is 9.80 Å².